The molecule has 0 aliphatic carbocycles. The monoisotopic (exact) mass is 335 g/mol. The minimum Gasteiger partial charge on any atom is -0.292 e. The number of benzene rings is 2. The van der Waals surface area contributed by atoms with Crippen LogP contribution < -0.4 is 0 Å². The summed E-state index contributed by atoms with van der Waals surface area (Å²) in [6.45, 7) is 0. The lowest BCUT2D eigenvalue weighted by molar-refractivity contribution is 0.968. The maximum atomic E-state index is 9.90. The smallest absolute Gasteiger partial charge is 0.158 e. The van der Waals surface area contributed by atoms with Crippen LogP contribution in [0.3, 0.4) is 0 Å². The number of hydrogen-bond donors (Lipinski definition) is 0. The average Bonchev–Trinajstić information content (AvgIpc) is 3.35. The summed E-state index contributed by atoms with van der Waals surface area (Å²) in [5, 5.41) is 9.90. The fourth-order valence-electron chi connectivity index (χ4n) is 3.35. The van der Waals surface area contributed by atoms with Crippen LogP contribution in [0, 0.1) is 11.3 Å². The van der Waals surface area contributed by atoms with Crippen molar-refractivity contribution in [3.8, 4) is 23.0 Å². The van der Waals surface area contributed by atoms with Crippen LogP contribution in [0.5, 0.6) is 0 Å². The normalized spacial score (nSPS) is 11.0. The zero-order valence-corrected chi connectivity index (χ0v) is 13.7. The molecule has 0 aliphatic rings. The molecule has 0 amide bonds. The molecule has 26 heavy (non-hydrogen) atoms. The third-order valence-corrected chi connectivity index (χ3v) is 4.52. The van der Waals surface area contributed by atoms with Crippen LogP contribution in [0.1, 0.15) is 5.56 Å². The molecular formula is C21H13N5. The van der Waals surface area contributed by atoms with Gasteiger partial charge in [0, 0.05) is 18.0 Å². The zero-order valence-electron chi connectivity index (χ0n) is 13.7. The molecule has 0 saturated heterocycles. The second-order valence-corrected chi connectivity index (χ2v) is 6.00. The summed E-state index contributed by atoms with van der Waals surface area (Å²) in [6.07, 6.45) is 5.39. The van der Waals surface area contributed by atoms with Gasteiger partial charge in [-0.2, -0.15) is 5.26 Å². The van der Waals surface area contributed by atoms with Crippen LogP contribution in [0.2, 0.25) is 0 Å². The molecule has 5 aromatic rings. The molecule has 0 bridgehead atoms. The molecular weight excluding hydrogens is 322 g/mol. The minimum atomic E-state index is 0.566. The predicted molar refractivity (Wildman–Crippen MR) is 100.0 cm³/mol. The van der Waals surface area contributed by atoms with Crippen molar-refractivity contribution in [2.24, 2.45) is 0 Å². The van der Waals surface area contributed by atoms with E-state index in [1.54, 1.807) is 12.5 Å². The van der Waals surface area contributed by atoms with Gasteiger partial charge in [0.1, 0.15) is 23.8 Å². The van der Waals surface area contributed by atoms with Crippen LogP contribution in [-0.2, 0) is 0 Å². The van der Waals surface area contributed by atoms with E-state index in [0.717, 1.165) is 28.0 Å². The summed E-state index contributed by atoms with van der Waals surface area (Å²) < 4.78 is 3.96. The number of rotatable bonds is 2. The van der Waals surface area contributed by atoms with Gasteiger partial charge in [-0.1, -0.05) is 42.5 Å². The largest absolute Gasteiger partial charge is 0.292 e. The van der Waals surface area contributed by atoms with Gasteiger partial charge >= 0.3 is 0 Å². The van der Waals surface area contributed by atoms with Crippen molar-refractivity contribution in [1.29, 1.82) is 5.26 Å². The Labute approximate surface area is 149 Å². The lowest BCUT2D eigenvalue weighted by atomic mass is 10.0. The third kappa shape index (κ3) is 2.03. The van der Waals surface area contributed by atoms with Gasteiger partial charge in [0.15, 0.2) is 5.65 Å². The van der Waals surface area contributed by atoms with Crippen LogP contribution in [-0.4, -0.2) is 18.9 Å². The van der Waals surface area contributed by atoms with Gasteiger partial charge < -0.3 is 0 Å². The van der Waals surface area contributed by atoms with E-state index >= 15 is 0 Å². The molecule has 5 heteroatoms. The van der Waals surface area contributed by atoms with Crippen molar-refractivity contribution in [2.75, 3.05) is 0 Å². The van der Waals surface area contributed by atoms with Crippen molar-refractivity contribution in [3.05, 3.63) is 84.9 Å². The summed E-state index contributed by atoms with van der Waals surface area (Å²) >= 11 is 0. The Morgan fingerprint density at radius 3 is 2.54 bits per heavy atom. The maximum absolute atomic E-state index is 9.90. The van der Waals surface area contributed by atoms with Gasteiger partial charge in [0.05, 0.1) is 11.0 Å². The molecule has 0 unspecified atom stereocenters. The topological polar surface area (TPSA) is 58.9 Å². The number of hydrogen-bond acceptors (Lipinski definition) is 3. The van der Waals surface area contributed by atoms with Crippen molar-refractivity contribution >= 4 is 16.7 Å². The van der Waals surface area contributed by atoms with Crippen LogP contribution in [0.15, 0.2) is 79.4 Å². The van der Waals surface area contributed by atoms with Gasteiger partial charge in [-0.05, 0) is 23.8 Å². The first kappa shape index (κ1) is 14.4. The molecule has 0 fully saturated rings. The average molecular weight is 335 g/mol. The SMILES string of the molecule is N#Cc1c(-c2ccccc2)cc(-n2ccnc2)n2c1nc1ccccc12. The van der Waals surface area contributed by atoms with E-state index in [0.29, 0.717) is 11.2 Å². The molecule has 2 aromatic carbocycles. The Kier molecular flexibility index (Phi) is 3.09. The summed E-state index contributed by atoms with van der Waals surface area (Å²) in [7, 11) is 0. The van der Waals surface area contributed by atoms with Gasteiger partial charge in [0.25, 0.3) is 0 Å². The molecule has 5 nitrogen and oxygen atoms in total. The van der Waals surface area contributed by atoms with E-state index in [9.17, 15) is 5.26 Å². The molecule has 0 spiro atoms. The first-order chi connectivity index (χ1) is 12.9. The van der Waals surface area contributed by atoms with Crippen LogP contribution in [0.25, 0.3) is 33.6 Å². The van der Waals surface area contributed by atoms with Crippen molar-refractivity contribution in [1.82, 2.24) is 18.9 Å². The summed E-state index contributed by atoms with van der Waals surface area (Å²) in [4.78, 5) is 8.93. The lowest BCUT2D eigenvalue weighted by Gasteiger charge is -2.13. The van der Waals surface area contributed by atoms with Gasteiger partial charge in [-0.15, -0.1) is 0 Å². The molecule has 0 atom stereocenters. The van der Waals surface area contributed by atoms with Gasteiger partial charge in [-0.25, -0.2) is 9.97 Å². The lowest BCUT2D eigenvalue weighted by Crippen LogP contribution is -2.03. The highest BCUT2D eigenvalue weighted by molar-refractivity contribution is 5.88. The Balaban J connectivity index is 2.00. The zero-order chi connectivity index (χ0) is 17.5. The Morgan fingerprint density at radius 1 is 0.962 bits per heavy atom. The maximum Gasteiger partial charge on any atom is 0.158 e. The number of aromatic nitrogens is 4. The van der Waals surface area contributed by atoms with Crippen LogP contribution in [0.4, 0.5) is 0 Å². The third-order valence-electron chi connectivity index (χ3n) is 4.52. The fourth-order valence-corrected chi connectivity index (χ4v) is 3.35. The van der Waals surface area contributed by atoms with Gasteiger partial charge in [-0.3, -0.25) is 8.97 Å². The first-order valence-corrected chi connectivity index (χ1v) is 8.25. The number of para-hydroxylation sites is 2. The predicted octanol–water partition coefficient (Wildman–Crippen LogP) is 4.21. The molecule has 0 saturated carbocycles. The fraction of sp³-hybridized carbons (Fsp3) is 0. The molecule has 3 heterocycles. The molecule has 0 N–H and O–H groups in total. The number of nitrogens with zero attached hydrogens (tertiary/aromatic N) is 5. The number of imidazole rings is 2. The van der Waals surface area contributed by atoms with E-state index in [4.69, 9.17) is 4.98 Å². The van der Waals surface area contributed by atoms with Crippen molar-refractivity contribution < 1.29 is 0 Å². The Hall–Kier alpha value is -3.91. The number of nitriles is 1. The van der Waals surface area contributed by atoms with E-state index in [1.807, 2.05) is 75.8 Å². The highest BCUT2D eigenvalue weighted by Crippen LogP contribution is 2.32. The minimum absolute atomic E-state index is 0.566. The van der Waals surface area contributed by atoms with E-state index in [1.165, 1.54) is 0 Å². The Bertz CT molecular complexity index is 1280. The van der Waals surface area contributed by atoms with E-state index < -0.39 is 0 Å². The molecule has 5 rings (SSSR count). The van der Waals surface area contributed by atoms with E-state index in [2.05, 4.69) is 11.1 Å². The number of pyridine rings is 1. The second kappa shape index (κ2) is 5.57. The standard InChI is InChI=1S/C21H13N5/c22-13-17-16(15-6-2-1-3-7-15)12-20(25-11-10-23-14-25)26-19-9-5-4-8-18(19)24-21(17)26/h1-12,14H. The van der Waals surface area contributed by atoms with Gasteiger partial charge in [0.2, 0.25) is 0 Å². The number of fused-ring (bicyclic) bond motifs is 3. The Morgan fingerprint density at radius 2 is 1.77 bits per heavy atom. The first-order valence-electron chi connectivity index (χ1n) is 8.25. The second-order valence-electron chi connectivity index (χ2n) is 6.00. The summed E-state index contributed by atoms with van der Waals surface area (Å²) in [5.41, 5.74) is 4.88. The van der Waals surface area contributed by atoms with Crippen molar-refractivity contribution in [3.63, 3.8) is 0 Å². The van der Waals surface area contributed by atoms with Crippen molar-refractivity contribution in [2.45, 2.75) is 0 Å². The highest BCUT2D eigenvalue weighted by Gasteiger charge is 2.18. The summed E-state index contributed by atoms with van der Waals surface area (Å²) in [6, 6.07) is 22.2. The highest BCUT2D eigenvalue weighted by atomic mass is 15.2. The molecule has 0 aliphatic heterocycles. The summed E-state index contributed by atoms with van der Waals surface area (Å²) in [5.74, 6) is 0.893. The molecule has 122 valence electrons. The molecule has 0 radical (unpaired) electrons. The quantitative estimate of drug-likeness (QED) is 0.485. The van der Waals surface area contributed by atoms with E-state index in [-0.39, 0.29) is 0 Å². The molecule has 3 aromatic heterocycles. The van der Waals surface area contributed by atoms with Crippen LogP contribution >= 0.6 is 0 Å².